The first kappa shape index (κ1) is 25.4. The number of amides is 1. The number of nitro groups is 1. The second-order valence-corrected chi connectivity index (χ2v) is 9.69. The van der Waals surface area contributed by atoms with Crippen LogP contribution >= 0.6 is 0 Å². The lowest BCUT2D eigenvalue weighted by Gasteiger charge is -2.20. The summed E-state index contributed by atoms with van der Waals surface area (Å²) in [7, 11) is -2.55. The predicted octanol–water partition coefficient (Wildman–Crippen LogP) is 3.83. The molecule has 0 bridgehead atoms. The molecule has 0 saturated heterocycles. The zero-order valence-electron chi connectivity index (χ0n) is 19.2. The number of rotatable bonds is 8. The van der Waals surface area contributed by atoms with E-state index in [0.717, 1.165) is 9.87 Å². The molecular formula is C24H23N3O7S. The molecule has 0 aliphatic heterocycles. The number of nitrogens with one attached hydrogen (secondary N) is 1. The van der Waals surface area contributed by atoms with E-state index in [1.807, 2.05) is 6.92 Å². The number of ether oxygens (including phenoxy) is 1. The van der Waals surface area contributed by atoms with Gasteiger partial charge in [-0.05, 0) is 50.2 Å². The topological polar surface area (TPSA) is 136 Å². The maximum absolute atomic E-state index is 13.0. The molecule has 0 atom stereocenters. The Bertz CT molecular complexity index is 1390. The molecule has 1 amide bonds. The molecule has 3 aromatic rings. The van der Waals surface area contributed by atoms with E-state index in [4.69, 9.17) is 4.74 Å². The number of hydrogen-bond donors (Lipinski definition) is 1. The fraction of sp³-hybridized carbons (Fsp3) is 0.167. The number of benzene rings is 3. The van der Waals surface area contributed by atoms with E-state index >= 15 is 0 Å². The quantitative estimate of drug-likeness (QED) is 0.284. The number of sulfonamides is 1. The summed E-state index contributed by atoms with van der Waals surface area (Å²) in [6, 6.07) is 16.4. The lowest BCUT2D eigenvalue weighted by atomic mass is 10.2. The van der Waals surface area contributed by atoms with Gasteiger partial charge in [-0.2, -0.15) is 0 Å². The van der Waals surface area contributed by atoms with Crippen molar-refractivity contribution in [3.05, 3.63) is 93.5 Å². The van der Waals surface area contributed by atoms with Crippen LogP contribution in [0.5, 0.6) is 0 Å². The zero-order valence-corrected chi connectivity index (χ0v) is 20.0. The Kier molecular flexibility index (Phi) is 7.50. The number of esters is 1. The number of carbonyl (C=O) groups excluding carboxylic acids is 2. The van der Waals surface area contributed by atoms with Gasteiger partial charge < -0.3 is 10.1 Å². The Balaban J connectivity index is 1.68. The zero-order chi connectivity index (χ0) is 25.8. The van der Waals surface area contributed by atoms with Crippen molar-refractivity contribution in [2.75, 3.05) is 23.3 Å². The van der Waals surface area contributed by atoms with E-state index in [-0.39, 0.29) is 21.8 Å². The van der Waals surface area contributed by atoms with E-state index in [9.17, 15) is 28.1 Å². The van der Waals surface area contributed by atoms with Gasteiger partial charge in [0.15, 0.2) is 6.61 Å². The van der Waals surface area contributed by atoms with Gasteiger partial charge in [0.05, 0.1) is 21.1 Å². The molecule has 0 heterocycles. The number of nitrogens with zero attached hydrogens (tertiary/aromatic N) is 2. The number of anilines is 2. The average molecular weight is 498 g/mol. The molecule has 0 aliphatic rings. The SMILES string of the molecule is Cc1ccc(N(C)S(=O)(=O)c2cccc(C(=O)OCC(=O)Nc3ccc(C)c([N+](=O)[O-])c3)c2)cc1. The molecule has 0 saturated carbocycles. The van der Waals surface area contributed by atoms with Crippen LogP contribution in [0.3, 0.4) is 0 Å². The summed E-state index contributed by atoms with van der Waals surface area (Å²) in [5.74, 6) is -1.61. The van der Waals surface area contributed by atoms with Gasteiger partial charge in [0.2, 0.25) is 0 Å². The lowest BCUT2D eigenvalue weighted by Crippen LogP contribution is -2.27. The van der Waals surface area contributed by atoms with Crippen LogP contribution in [0.15, 0.2) is 71.6 Å². The van der Waals surface area contributed by atoms with Crippen molar-refractivity contribution in [1.82, 2.24) is 0 Å². The van der Waals surface area contributed by atoms with Crippen LogP contribution in [0.25, 0.3) is 0 Å². The monoisotopic (exact) mass is 497 g/mol. The summed E-state index contributed by atoms with van der Waals surface area (Å²) in [6.07, 6.45) is 0. The van der Waals surface area contributed by atoms with Crippen LogP contribution < -0.4 is 9.62 Å². The molecule has 3 rings (SSSR count). The number of carbonyl (C=O) groups is 2. The first-order valence-electron chi connectivity index (χ1n) is 10.4. The highest BCUT2D eigenvalue weighted by atomic mass is 32.2. The molecule has 0 radical (unpaired) electrons. The second kappa shape index (κ2) is 10.3. The molecular weight excluding hydrogens is 474 g/mol. The van der Waals surface area contributed by atoms with Crippen molar-refractivity contribution in [1.29, 1.82) is 0 Å². The van der Waals surface area contributed by atoms with Gasteiger partial charge in [-0.15, -0.1) is 0 Å². The average Bonchev–Trinajstić information content (AvgIpc) is 2.83. The molecule has 35 heavy (non-hydrogen) atoms. The smallest absolute Gasteiger partial charge is 0.338 e. The third-order valence-corrected chi connectivity index (χ3v) is 6.93. The molecule has 1 N–H and O–H groups in total. The molecule has 10 nitrogen and oxygen atoms in total. The summed E-state index contributed by atoms with van der Waals surface area (Å²) in [5, 5.41) is 13.5. The third kappa shape index (κ3) is 6.01. The van der Waals surface area contributed by atoms with Crippen molar-refractivity contribution < 1.29 is 27.7 Å². The minimum Gasteiger partial charge on any atom is -0.452 e. The van der Waals surface area contributed by atoms with Gasteiger partial charge >= 0.3 is 5.97 Å². The van der Waals surface area contributed by atoms with Crippen molar-refractivity contribution in [2.24, 2.45) is 0 Å². The normalized spacial score (nSPS) is 10.9. The highest BCUT2D eigenvalue weighted by Crippen LogP contribution is 2.24. The maximum Gasteiger partial charge on any atom is 0.338 e. The summed E-state index contributed by atoms with van der Waals surface area (Å²) in [6.45, 7) is 2.79. The molecule has 0 unspecified atom stereocenters. The Morgan fingerprint density at radius 1 is 1.03 bits per heavy atom. The van der Waals surface area contributed by atoms with Gasteiger partial charge in [0.1, 0.15) is 0 Å². The van der Waals surface area contributed by atoms with Crippen LogP contribution in [-0.4, -0.2) is 38.9 Å². The molecule has 0 aliphatic carbocycles. The summed E-state index contributed by atoms with van der Waals surface area (Å²) in [5.41, 5.74) is 1.83. The van der Waals surface area contributed by atoms with Crippen LogP contribution in [0.1, 0.15) is 21.5 Å². The van der Waals surface area contributed by atoms with E-state index in [2.05, 4.69) is 5.32 Å². The molecule has 182 valence electrons. The van der Waals surface area contributed by atoms with E-state index in [1.54, 1.807) is 31.2 Å². The maximum atomic E-state index is 13.0. The Labute approximate surface area is 202 Å². The van der Waals surface area contributed by atoms with Crippen LogP contribution in [0.4, 0.5) is 17.1 Å². The largest absolute Gasteiger partial charge is 0.452 e. The second-order valence-electron chi connectivity index (χ2n) is 7.72. The van der Waals surface area contributed by atoms with Crippen LogP contribution in [0.2, 0.25) is 0 Å². The van der Waals surface area contributed by atoms with Gasteiger partial charge in [0, 0.05) is 24.4 Å². The minimum absolute atomic E-state index is 0.0536. The Morgan fingerprint density at radius 2 is 1.71 bits per heavy atom. The van der Waals surface area contributed by atoms with Gasteiger partial charge in [-0.1, -0.05) is 29.8 Å². The fourth-order valence-electron chi connectivity index (χ4n) is 3.13. The summed E-state index contributed by atoms with van der Waals surface area (Å²) < 4.78 is 32.1. The van der Waals surface area contributed by atoms with Gasteiger partial charge in [-0.25, -0.2) is 13.2 Å². The van der Waals surface area contributed by atoms with Crippen molar-refractivity contribution in [2.45, 2.75) is 18.7 Å². The molecule has 0 fully saturated rings. The predicted molar refractivity (Wildman–Crippen MR) is 130 cm³/mol. The molecule has 0 spiro atoms. The number of nitro benzene ring substituents is 1. The van der Waals surface area contributed by atoms with E-state index < -0.39 is 33.4 Å². The summed E-state index contributed by atoms with van der Waals surface area (Å²) in [4.78, 5) is 35.0. The molecule has 11 heteroatoms. The lowest BCUT2D eigenvalue weighted by molar-refractivity contribution is -0.385. The van der Waals surface area contributed by atoms with Crippen molar-refractivity contribution in [3.8, 4) is 0 Å². The van der Waals surface area contributed by atoms with E-state index in [1.165, 1.54) is 49.5 Å². The standard InChI is InChI=1S/C24H23N3O7S/c1-16-7-11-20(12-8-16)26(3)35(32,33)21-6-4-5-18(13-21)24(29)34-15-23(28)25-19-10-9-17(2)22(14-19)27(30)31/h4-14H,15H2,1-3H3,(H,25,28). The van der Waals surface area contributed by atoms with Crippen molar-refractivity contribution >= 4 is 39.0 Å². The van der Waals surface area contributed by atoms with Crippen LogP contribution in [-0.2, 0) is 19.6 Å². The fourth-order valence-corrected chi connectivity index (χ4v) is 4.37. The van der Waals surface area contributed by atoms with Crippen LogP contribution in [0, 0.1) is 24.0 Å². The third-order valence-electron chi connectivity index (χ3n) is 5.15. The van der Waals surface area contributed by atoms with Crippen molar-refractivity contribution in [3.63, 3.8) is 0 Å². The Morgan fingerprint density at radius 3 is 2.37 bits per heavy atom. The highest BCUT2D eigenvalue weighted by Gasteiger charge is 2.23. The highest BCUT2D eigenvalue weighted by molar-refractivity contribution is 7.92. The van der Waals surface area contributed by atoms with Gasteiger partial charge in [-0.3, -0.25) is 19.2 Å². The number of aryl methyl sites for hydroxylation is 2. The Hall–Kier alpha value is -4.25. The van der Waals surface area contributed by atoms with Gasteiger partial charge in [0.25, 0.3) is 21.6 Å². The molecule has 0 aromatic heterocycles. The summed E-state index contributed by atoms with van der Waals surface area (Å²) >= 11 is 0. The number of hydrogen-bond acceptors (Lipinski definition) is 7. The van der Waals surface area contributed by atoms with E-state index in [0.29, 0.717) is 11.3 Å². The first-order valence-corrected chi connectivity index (χ1v) is 11.8. The molecule has 3 aromatic carbocycles. The minimum atomic E-state index is -3.96. The first-order chi connectivity index (χ1) is 16.5.